The van der Waals surface area contributed by atoms with E-state index in [0.717, 1.165) is 5.56 Å². The van der Waals surface area contributed by atoms with Gasteiger partial charge in [0.15, 0.2) is 0 Å². The molecule has 3 N–H and O–H groups in total. The summed E-state index contributed by atoms with van der Waals surface area (Å²) in [4.78, 5) is 16.2. The van der Waals surface area contributed by atoms with Crippen molar-refractivity contribution in [2.24, 2.45) is 5.73 Å². The van der Waals surface area contributed by atoms with E-state index in [1.807, 2.05) is 32.0 Å². The first-order valence-corrected chi connectivity index (χ1v) is 7.14. The summed E-state index contributed by atoms with van der Waals surface area (Å²) in [6, 6.07) is 10.9. The molecule has 1 aromatic carbocycles. The van der Waals surface area contributed by atoms with Gasteiger partial charge >= 0.3 is 0 Å². The Morgan fingerprint density at radius 1 is 1.25 bits per heavy atom. The average Bonchev–Trinajstić information content (AvgIpc) is 2.54. The smallest absolute Gasteiger partial charge is 0.251 e. The minimum atomic E-state index is -0.441. The number of hydrogen-bond acceptors (Lipinski definition) is 4. The van der Waals surface area contributed by atoms with Crippen LogP contribution in [-0.2, 0) is 6.61 Å². The van der Waals surface area contributed by atoms with Gasteiger partial charge in [-0.3, -0.25) is 9.78 Å². The molecule has 1 amide bonds. The number of ether oxygens (including phenoxy) is 1. The van der Waals surface area contributed by atoms with E-state index in [4.69, 9.17) is 10.5 Å². The van der Waals surface area contributed by atoms with Crippen molar-refractivity contribution < 1.29 is 9.53 Å². The van der Waals surface area contributed by atoms with Gasteiger partial charge in [0.2, 0.25) is 0 Å². The Hall–Kier alpha value is -1.82. The summed E-state index contributed by atoms with van der Waals surface area (Å²) in [6.45, 7) is 4.55. The van der Waals surface area contributed by atoms with Crippen LogP contribution >= 0.6 is 24.8 Å². The Morgan fingerprint density at radius 3 is 2.62 bits per heavy atom. The lowest BCUT2D eigenvalue weighted by Crippen LogP contribution is -2.48. The molecule has 0 bridgehead atoms. The lowest BCUT2D eigenvalue weighted by Gasteiger charge is -2.24. The predicted octanol–water partition coefficient (Wildman–Crippen LogP) is 2.97. The molecule has 0 aliphatic heterocycles. The molecule has 1 aromatic heterocycles. The van der Waals surface area contributed by atoms with Crippen LogP contribution in [0.3, 0.4) is 0 Å². The van der Waals surface area contributed by atoms with Crippen LogP contribution in [-0.4, -0.2) is 23.0 Å². The fraction of sp³-hybridized carbons (Fsp3) is 0.294. The number of pyridine rings is 1. The molecule has 0 aliphatic rings. The highest BCUT2D eigenvalue weighted by molar-refractivity contribution is 5.95. The number of benzene rings is 1. The molecular formula is C17H23Cl2N3O2. The number of rotatable bonds is 6. The molecule has 2 aromatic rings. The van der Waals surface area contributed by atoms with Crippen molar-refractivity contribution >= 4 is 30.7 Å². The highest BCUT2D eigenvalue weighted by Crippen LogP contribution is 2.15. The molecule has 7 heteroatoms. The monoisotopic (exact) mass is 371 g/mol. The fourth-order valence-corrected chi connectivity index (χ4v) is 1.81. The molecule has 0 spiro atoms. The second-order valence-corrected chi connectivity index (χ2v) is 5.72. The Labute approximate surface area is 154 Å². The summed E-state index contributed by atoms with van der Waals surface area (Å²) < 4.78 is 5.69. The zero-order valence-electron chi connectivity index (χ0n) is 13.7. The van der Waals surface area contributed by atoms with E-state index < -0.39 is 5.54 Å². The summed E-state index contributed by atoms with van der Waals surface area (Å²) in [5.41, 5.74) is 6.71. The summed E-state index contributed by atoms with van der Waals surface area (Å²) in [6.07, 6.45) is 3.47. The van der Waals surface area contributed by atoms with Gasteiger partial charge in [-0.05, 0) is 38.1 Å². The zero-order chi connectivity index (χ0) is 16.0. The first kappa shape index (κ1) is 22.2. The Morgan fingerprint density at radius 2 is 2.00 bits per heavy atom. The van der Waals surface area contributed by atoms with E-state index in [9.17, 15) is 4.79 Å². The minimum Gasteiger partial charge on any atom is -0.489 e. The quantitative estimate of drug-likeness (QED) is 0.817. The number of nitrogens with zero attached hydrogens (tertiary/aromatic N) is 1. The van der Waals surface area contributed by atoms with Crippen LogP contribution < -0.4 is 15.8 Å². The molecule has 0 unspecified atom stereocenters. The van der Waals surface area contributed by atoms with Crippen molar-refractivity contribution in [3.05, 3.63) is 59.9 Å². The predicted molar refractivity (Wildman–Crippen MR) is 100 cm³/mol. The van der Waals surface area contributed by atoms with Gasteiger partial charge in [-0.25, -0.2) is 0 Å². The van der Waals surface area contributed by atoms with Crippen LogP contribution in [0.1, 0.15) is 29.8 Å². The number of aromatic nitrogens is 1. The van der Waals surface area contributed by atoms with Crippen LogP contribution in [0.25, 0.3) is 0 Å². The minimum absolute atomic E-state index is 0. The van der Waals surface area contributed by atoms with Crippen molar-refractivity contribution in [1.82, 2.24) is 10.3 Å². The van der Waals surface area contributed by atoms with E-state index in [0.29, 0.717) is 24.5 Å². The zero-order valence-corrected chi connectivity index (χ0v) is 15.3. The molecule has 24 heavy (non-hydrogen) atoms. The van der Waals surface area contributed by atoms with Crippen LogP contribution in [0, 0.1) is 0 Å². The Kier molecular flexibility index (Phi) is 9.36. The van der Waals surface area contributed by atoms with Gasteiger partial charge in [0.25, 0.3) is 5.91 Å². The largest absolute Gasteiger partial charge is 0.489 e. The number of amides is 1. The van der Waals surface area contributed by atoms with E-state index in [-0.39, 0.29) is 30.7 Å². The Balaban J connectivity index is 0.00000264. The fourth-order valence-electron chi connectivity index (χ4n) is 1.81. The molecule has 5 nitrogen and oxygen atoms in total. The first-order chi connectivity index (χ1) is 10.5. The molecule has 1 heterocycles. The highest BCUT2D eigenvalue weighted by Gasteiger charge is 2.19. The van der Waals surface area contributed by atoms with E-state index in [1.54, 1.807) is 30.6 Å². The van der Waals surface area contributed by atoms with E-state index in [1.165, 1.54) is 0 Å². The maximum Gasteiger partial charge on any atom is 0.251 e. The number of hydrogen-bond donors (Lipinski definition) is 2. The molecule has 0 atom stereocenters. The molecule has 0 saturated carbocycles. The van der Waals surface area contributed by atoms with Crippen LogP contribution in [0.15, 0.2) is 48.8 Å². The molecule has 0 fully saturated rings. The number of nitrogens with one attached hydrogen (secondary N) is 1. The number of carbonyl (C=O) groups excluding carboxylic acids is 1. The second kappa shape index (κ2) is 10.1. The van der Waals surface area contributed by atoms with Crippen molar-refractivity contribution in [2.45, 2.75) is 26.0 Å². The van der Waals surface area contributed by atoms with Gasteiger partial charge in [-0.1, -0.05) is 12.1 Å². The summed E-state index contributed by atoms with van der Waals surface area (Å²) in [5.74, 6) is 0.476. The topological polar surface area (TPSA) is 77.2 Å². The van der Waals surface area contributed by atoms with Crippen molar-refractivity contribution in [3.63, 3.8) is 0 Å². The van der Waals surface area contributed by atoms with Crippen molar-refractivity contribution in [3.8, 4) is 5.75 Å². The van der Waals surface area contributed by atoms with Gasteiger partial charge < -0.3 is 15.8 Å². The first-order valence-electron chi connectivity index (χ1n) is 7.14. The van der Waals surface area contributed by atoms with Gasteiger partial charge in [0.1, 0.15) is 12.4 Å². The third kappa shape index (κ3) is 6.74. The maximum absolute atomic E-state index is 12.2. The maximum atomic E-state index is 12.2. The SMILES string of the molecule is CC(C)(CN)NC(=O)c1cccc(OCc2cccnc2)c1.Cl.Cl. The molecular weight excluding hydrogens is 349 g/mol. The lowest BCUT2D eigenvalue weighted by molar-refractivity contribution is 0.0915. The molecule has 132 valence electrons. The third-order valence-electron chi connectivity index (χ3n) is 3.19. The van der Waals surface area contributed by atoms with E-state index in [2.05, 4.69) is 10.3 Å². The Bertz CT molecular complexity index is 637. The van der Waals surface area contributed by atoms with Crippen LogP contribution in [0.4, 0.5) is 0 Å². The normalized spacial score (nSPS) is 10.1. The highest BCUT2D eigenvalue weighted by atomic mass is 35.5. The molecule has 0 aliphatic carbocycles. The van der Waals surface area contributed by atoms with Crippen LogP contribution in [0.2, 0.25) is 0 Å². The van der Waals surface area contributed by atoms with Crippen LogP contribution in [0.5, 0.6) is 5.75 Å². The third-order valence-corrected chi connectivity index (χ3v) is 3.19. The summed E-state index contributed by atoms with van der Waals surface area (Å²) >= 11 is 0. The number of carbonyl (C=O) groups is 1. The average molecular weight is 372 g/mol. The molecule has 0 saturated heterocycles. The second-order valence-electron chi connectivity index (χ2n) is 5.72. The molecule has 2 rings (SSSR count). The summed E-state index contributed by atoms with van der Waals surface area (Å²) in [5, 5.41) is 2.89. The van der Waals surface area contributed by atoms with Gasteiger partial charge in [0.05, 0.1) is 0 Å². The molecule has 0 radical (unpaired) electrons. The summed E-state index contributed by atoms with van der Waals surface area (Å²) in [7, 11) is 0. The standard InChI is InChI=1S/C17H21N3O2.2ClH/c1-17(2,12-18)20-16(21)14-6-3-7-15(9-14)22-11-13-5-4-8-19-10-13;;/h3-10H,11-12,18H2,1-2H3,(H,20,21);2*1H. The van der Waals surface area contributed by atoms with Crippen molar-refractivity contribution in [1.29, 1.82) is 0 Å². The van der Waals surface area contributed by atoms with Gasteiger partial charge in [-0.15, -0.1) is 24.8 Å². The number of nitrogens with two attached hydrogens (primary N) is 1. The van der Waals surface area contributed by atoms with Gasteiger partial charge in [0, 0.05) is 35.6 Å². The lowest BCUT2D eigenvalue weighted by atomic mass is 10.1. The number of halogens is 2. The van der Waals surface area contributed by atoms with Crippen molar-refractivity contribution in [2.75, 3.05) is 6.54 Å². The van der Waals surface area contributed by atoms with Gasteiger partial charge in [-0.2, -0.15) is 0 Å². The van der Waals surface area contributed by atoms with E-state index >= 15 is 0 Å².